The topological polar surface area (TPSA) is 69.6 Å². The van der Waals surface area contributed by atoms with Gasteiger partial charge >= 0.3 is 0 Å². The molecule has 1 heterocycles. The smallest absolute Gasteiger partial charge is 0.254 e. The quantitative estimate of drug-likeness (QED) is 0.388. The van der Waals surface area contributed by atoms with Crippen molar-refractivity contribution in [2.24, 2.45) is 0 Å². The van der Waals surface area contributed by atoms with Gasteiger partial charge in [0.1, 0.15) is 5.82 Å². The molecule has 1 saturated carbocycles. The molecule has 1 aliphatic carbocycles. The number of hydrogen-bond donors (Lipinski definition) is 2. The minimum Gasteiger partial charge on any atom is -0.393 e. The second kappa shape index (κ2) is 11.4. The standard InChI is InChI=1S/C30H29Cl2FN2O3/c31-19-8-13-25(26(32)17-19)28-27(29(37)34-15-14-18-4-3-5-20(33)16-18)23-6-1-2-7-24(23)30(38)35(28)21-9-11-22(36)12-10-21/h1-8,13,16-17,21-22,27-28,36H,9-12,14-15H2,(H,34,37)/t21-,22-,27-,28+/m1/s1. The monoisotopic (exact) mass is 554 g/mol. The van der Waals surface area contributed by atoms with E-state index in [9.17, 15) is 19.1 Å². The van der Waals surface area contributed by atoms with E-state index < -0.39 is 18.1 Å². The Morgan fingerprint density at radius 3 is 2.47 bits per heavy atom. The fourth-order valence-electron chi connectivity index (χ4n) is 5.78. The van der Waals surface area contributed by atoms with Gasteiger partial charge in [-0.25, -0.2) is 4.39 Å². The Morgan fingerprint density at radius 1 is 0.974 bits per heavy atom. The molecule has 198 valence electrons. The van der Waals surface area contributed by atoms with Gasteiger partial charge in [0.05, 0.1) is 18.1 Å². The lowest BCUT2D eigenvalue weighted by molar-refractivity contribution is -0.124. The molecule has 3 aromatic carbocycles. The van der Waals surface area contributed by atoms with Crippen LogP contribution in [0.15, 0.2) is 66.7 Å². The summed E-state index contributed by atoms with van der Waals surface area (Å²) in [6.07, 6.45) is 2.50. The van der Waals surface area contributed by atoms with Crippen LogP contribution >= 0.6 is 23.2 Å². The highest BCUT2D eigenvalue weighted by molar-refractivity contribution is 6.35. The number of halogens is 3. The molecule has 5 rings (SSSR count). The number of fused-ring (bicyclic) bond motifs is 1. The molecule has 0 unspecified atom stereocenters. The summed E-state index contributed by atoms with van der Waals surface area (Å²) in [6, 6.07) is 17.8. The van der Waals surface area contributed by atoms with Gasteiger partial charge in [-0.15, -0.1) is 0 Å². The van der Waals surface area contributed by atoms with Crippen molar-refractivity contribution >= 4 is 35.0 Å². The van der Waals surface area contributed by atoms with Crippen LogP contribution in [0.2, 0.25) is 10.0 Å². The molecule has 2 N–H and O–H groups in total. The van der Waals surface area contributed by atoms with Gasteiger partial charge in [0, 0.05) is 28.2 Å². The second-order valence-electron chi connectivity index (χ2n) is 10.0. The lowest BCUT2D eigenvalue weighted by Gasteiger charge is -2.47. The van der Waals surface area contributed by atoms with Crippen LogP contribution in [0.1, 0.15) is 64.7 Å². The molecule has 0 spiro atoms. The van der Waals surface area contributed by atoms with Crippen molar-refractivity contribution in [2.75, 3.05) is 6.54 Å². The molecular formula is C30H29Cl2FN2O3. The molecule has 2 amide bonds. The zero-order valence-electron chi connectivity index (χ0n) is 20.7. The van der Waals surface area contributed by atoms with E-state index in [4.69, 9.17) is 23.2 Å². The Hall–Kier alpha value is -2.93. The van der Waals surface area contributed by atoms with Crippen molar-refractivity contribution < 1.29 is 19.1 Å². The molecule has 3 aromatic rings. The molecule has 1 aliphatic heterocycles. The van der Waals surface area contributed by atoms with E-state index in [0.717, 1.165) is 5.56 Å². The Kier molecular flexibility index (Phi) is 8.03. The van der Waals surface area contributed by atoms with Gasteiger partial charge in [-0.1, -0.05) is 59.6 Å². The number of nitrogens with zero attached hydrogens (tertiary/aromatic N) is 1. The van der Waals surface area contributed by atoms with Gasteiger partial charge in [-0.3, -0.25) is 9.59 Å². The third-order valence-electron chi connectivity index (χ3n) is 7.60. The lowest BCUT2D eigenvalue weighted by atomic mass is 9.77. The Morgan fingerprint density at radius 2 is 1.74 bits per heavy atom. The molecule has 5 nitrogen and oxygen atoms in total. The summed E-state index contributed by atoms with van der Waals surface area (Å²) in [5, 5.41) is 14.0. The molecule has 2 atom stereocenters. The van der Waals surface area contributed by atoms with Gasteiger partial charge in [0.2, 0.25) is 5.91 Å². The first-order chi connectivity index (χ1) is 18.3. The molecule has 0 radical (unpaired) electrons. The van der Waals surface area contributed by atoms with Crippen molar-refractivity contribution in [3.05, 3.63) is 105 Å². The highest BCUT2D eigenvalue weighted by Gasteiger charge is 2.47. The summed E-state index contributed by atoms with van der Waals surface area (Å²) < 4.78 is 13.6. The Balaban J connectivity index is 1.54. The lowest BCUT2D eigenvalue weighted by Crippen LogP contribution is -2.52. The van der Waals surface area contributed by atoms with E-state index in [1.165, 1.54) is 12.1 Å². The van der Waals surface area contributed by atoms with E-state index in [0.29, 0.717) is 65.4 Å². The Labute approximate surface area is 231 Å². The van der Waals surface area contributed by atoms with Gasteiger partial charge in [-0.2, -0.15) is 0 Å². The highest BCUT2D eigenvalue weighted by atomic mass is 35.5. The van der Waals surface area contributed by atoms with E-state index in [1.54, 1.807) is 41.3 Å². The normalized spacial score (nSPS) is 23.2. The highest BCUT2D eigenvalue weighted by Crippen LogP contribution is 2.47. The average molecular weight is 555 g/mol. The third kappa shape index (κ3) is 5.44. The van der Waals surface area contributed by atoms with Gasteiger partial charge in [0.25, 0.3) is 5.91 Å². The van der Waals surface area contributed by atoms with Crippen molar-refractivity contribution in [1.82, 2.24) is 10.2 Å². The number of benzene rings is 3. The van der Waals surface area contributed by atoms with Gasteiger partial charge in [-0.05, 0) is 79.1 Å². The van der Waals surface area contributed by atoms with E-state index in [1.807, 2.05) is 18.2 Å². The summed E-state index contributed by atoms with van der Waals surface area (Å²) in [7, 11) is 0. The fraction of sp³-hybridized carbons (Fsp3) is 0.333. The predicted octanol–water partition coefficient (Wildman–Crippen LogP) is 6.08. The van der Waals surface area contributed by atoms with Crippen molar-refractivity contribution in [1.29, 1.82) is 0 Å². The van der Waals surface area contributed by atoms with E-state index in [-0.39, 0.29) is 23.7 Å². The number of aliphatic hydroxyl groups is 1. The number of aliphatic hydroxyl groups excluding tert-OH is 1. The van der Waals surface area contributed by atoms with E-state index in [2.05, 4.69) is 5.32 Å². The number of rotatable bonds is 6. The minimum atomic E-state index is -0.720. The molecule has 0 aromatic heterocycles. The van der Waals surface area contributed by atoms with Crippen LogP contribution < -0.4 is 5.32 Å². The zero-order valence-corrected chi connectivity index (χ0v) is 22.3. The summed E-state index contributed by atoms with van der Waals surface area (Å²) in [5.74, 6) is -1.43. The number of carbonyl (C=O) groups excluding carboxylic acids is 2. The van der Waals surface area contributed by atoms with Crippen LogP contribution in [-0.4, -0.2) is 40.5 Å². The number of hydrogen-bond acceptors (Lipinski definition) is 3. The van der Waals surface area contributed by atoms with Crippen molar-refractivity contribution in [3.8, 4) is 0 Å². The minimum absolute atomic E-state index is 0.151. The van der Waals surface area contributed by atoms with Crippen LogP contribution in [0.4, 0.5) is 4.39 Å². The first-order valence-electron chi connectivity index (χ1n) is 12.9. The van der Waals surface area contributed by atoms with Crippen LogP contribution in [0.5, 0.6) is 0 Å². The zero-order chi connectivity index (χ0) is 26.8. The maximum Gasteiger partial charge on any atom is 0.254 e. The van der Waals surface area contributed by atoms with Crippen LogP contribution in [-0.2, 0) is 11.2 Å². The molecule has 0 saturated heterocycles. The first-order valence-corrected chi connectivity index (χ1v) is 13.7. The molecular weight excluding hydrogens is 526 g/mol. The van der Waals surface area contributed by atoms with Crippen LogP contribution in [0.25, 0.3) is 0 Å². The summed E-state index contributed by atoms with van der Waals surface area (Å²) >= 11 is 12.9. The second-order valence-corrected chi connectivity index (χ2v) is 10.9. The van der Waals surface area contributed by atoms with Gasteiger partial charge in [0.15, 0.2) is 0 Å². The van der Waals surface area contributed by atoms with Crippen molar-refractivity contribution in [3.63, 3.8) is 0 Å². The summed E-state index contributed by atoms with van der Waals surface area (Å²) in [4.78, 5) is 29.7. The average Bonchev–Trinajstić information content (AvgIpc) is 2.89. The SMILES string of the molecule is O=C(NCCc1cccc(F)c1)[C@@H]1c2ccccc2C(=O)N([C@H]2CC[C@H](O)CC2)[C@H]1c1ccc(Cl)cc1Cl. The molecule has 38 heavy (non-hydrogen) atoms. The van der Waals surface area contributed by atoms with Crippen LogP contribution in [0, 0.1) is 5.82 Å². The molecule has 1 fully saturated rings. The predicted molar refractivity (Wildman–Crippen MR) is 146 cm³/mol. The largest absolute Gasteiger partial charge is 0.393 e. The third-order valence-corrected chi connectivity index (χ3v) is 8.16. The molecule has 0 bridgehead atoms. The first kappa shape index (κ1) is 26.7. The van der Waals surface area contributed by atoms with Crippen molar-refractivity contribution in [2.45, 2.75) is 56.2 Å². The number of carbonyl (C=O) groups is 2. The maximum absolute atomic E-state index is 14.0. The summed E-state index contributed by atoms with van der Waals surface area (Å²) in [6.45, 7) is 0.311. The molecule has 2 aliphatic rings. The maximum atomic E-state index is 14.0. The van der Waals surface area contributed by atoms with Gasteiger partial charge < -0.3 is 15.3 Å². The number of nitrogens with one attached hydrogen (secondary N) is 1. The van der Waals surface area contributed by atoms with E-state index >= 15 is 0 Å². The summed E-state index contributed by atoms with van der Waals surface area (Å²) in [5.41, 5.74) is 2.56. The Bertz CT molecular complexity index is 1340. The molecule has 8 heteroatoms. The fourth-order valence-corrected chi connectivity index (χ4v) is 6.30. The van der Waals surface area contributed by atoms with Crippen LogP contribution in [0.3, 0.4) is 0 Å². The number of amides is 2.